The van der Waals surface area contributed by atoms with E-state index in [0.29, 0.717) is 5.69 Å². The normalized spacial score (nSPS) is 18.1. The minimum absolute atomic E-state index is 0.192. The highest BCUT2D eigenvalue weighted by atomic mass is 16.2. The Labute approximate surface area is 120 Å². The van der Waals surface area contributed by atoms with Crippen LogP contribution >= 0.6 is 0 Å². The number of nitriles is 1. The van der Waals surface area contributed by atoms with Crippen LogP contribution in [0.3, 0.4) is 0 Å². The lowest BCUT2D eigenvalue weighted by molar-refractivity contribution is 0.0903. The molecule has 1 aromatic heterocycles. The first kappa shape index (κ1) is 14.6. The van der Waals surface area contributed by atoms with Crippen molar-refractivity contribution in [2.24, 2.45) is 7.05 Å². The summed E-state index contributed by atoms with van der Waals surface area (Å²) in [4.78, 5) is 12.4. The van der Waals surface area contributed by atoms with Crippen LogP contribution in [-0.4, -0.2) is 21.2 Å². The van der Waals surface area contributed by atoms with Gasteiger partial charge in [0.25, 0.3) is 5.91 Å². The first-order valence-corrected chi connectivity index (χ1v) is 7.37. The van der Waals surface area contributed by atoms with E-state index in [1.807, 2.05) is 6.92 Å². The molecule has 0 unspecified atom stereocenters. The highest BCUT2D eigenvalue weighted by Crippen LogP contribution is 2.27. The largest absolute Gasteiger partial charge is 0.332 e. The van der Waals surface area contributed by atoms with E-state index in [1.165, 1.54) is 0 Å². The number of carbonyl (C=O) groups excluding carboxylic acids is 1. The number of hydrogen-bond acceptors (Lipinski definition) is 3. The van der Waals surface area contributed by atoms with Gasteiger partial charge < -0.3 is 5.32 Å². The second-order valence-electron chi connectivity index (χ2n) is 5.56. The van der Waals surface area contributed by atoms with E-state index in [-0.39, 0.29) is 5.91 Å². The predicted octanol–water partition coefficient (Wildman–Crippen LogP) is 2.33. The Morgan fingerprint density at radius 3 is 2.60 bits per heavy atom. The molecule has 1 saturated carbocycles. The van der Waals surface area contributed by atoms with Gasteiger partial charge in [0.1, 0.15) is 11.2 Å². The van der Waals surface area contributed by atoms with Gasteiger partial charge in [0, 0.05) is 7.05 Å². The molecule has 2 rings (SSSR count). The molecule has 0 radical (unpaired) electrons. The number of rotatable bonds is 3. The summed E-state index contributed by atoms with van der Waals surface area (Å²) >= 11 is 0. The molecule has 1 aliphatic rings. The molecular weight excluding hydrogens is 252 g/mol. The molecule has 20 heavy (non-hydrogen) atoms. The van der Waals surface area contributed by atoms with E-state index in [4.69, 9.17) is 0 Å². The third-order valence-corrected chi connectivity index (χ3v) is 4.05. The number of nitrogens with one attached hydrogen (secondary N) is 1. The fraction of sp³-hybridized carbons (Fsp3) is 0.667. The van der Waals surface area contributed by atoms with Crippen LogP contribution in [-0.2, 0) is 13.5 Å². The van der Waals surface area contributed by atoms with Crippen LogP contribution in [0.2, 0.25) is 0 Å². The lowest BCUT2D eigenvalue weighted by Gasteiger charge is -2.26. The number of hydrogen-bond donors (Lipinski definition) is 1. The molecule has 1 aromatic rings. The van der Waals surface area contributed by atoms with Gasteiger partial charge in [0.2, 0.25) is 0 Å². The Morgan fingerprint density at radius 2 is 2.10 bits per heavy atom. The van der Waals surface area contributed by atoms with Crippen molar-refractivity contribution in [3.05, 3.63) is 17.5 Å². The maximum absolute atomic E-state index is 12.4. The first-order chi connectivity index (χ1) is 9.60. The van der Waals surface area contributed by atoms with Crippen molar-refractivity contribution >= 4 is 5.91 Å². The second kappa shape index (κ2) is 6.08. The molecule has 0 spiro atoms. The molecule has 1 N–H and O–H groups in total. The van der Waals surface area contributed by atoms with Gasteiger partial charge in [-0.3, -0.25) is 9.48 Å². The lowest BCUT2D eigenvalue weighted by Crippen LogP contribution is -2.47. The Hall–Kier alpha value is -1.83. The summed E-state index contributed by atoms with van der Waals surface area (Å²) in [7, 11) is 1.76. The molecule has 108 valence electrons. The smallest absolute Gasteiger partial charge is 0.270 e. The molecule has 0 aliphatic heterocycles. The van der Waals surface area contributed by atoms with Gasteiger partial charge in [-0.25, -0.2) is 0 Å². The Kier molecular flexibility index (Phi) is 4.43. The van der Waals surface area contributed by atoms with E-state index >= 15 is 0 Å². The van der Waals surface area contributed by atoms with Crippen molar-refractivity contribution in [1.29, 1.82) is 5.26 Å². The number of nitrogens with zero attached hydrogens (tertiary/aromatic N) is 3. The molecule has 0 atom stereocenters. The number of aromatic nitrogens is 2. The van der Waals surface area contributed by atoms with Gasteiger partial charge in [0.05, 0.1) is 11.8 Å². The van der Waals surface area contributed by atoms with Crippen LogP contribution in [0.1, 0.15) is 61.6 Å². The van der Waals surface area contributed by atoms with Gasteiger partial charge in [-0.2, -0.15) is 10.4 Å². The minimum Gasteiger partial charge on any atom is -0.332 e. The predicted molar refractivity (Wildman–Crippen MR) is 76.1 cm³/mol. The zero-order valence-corrected chi connectivity index (χ0v) is 12.3. The Bertz CT molecular complexity index is 518. The van der Waals surface area contributed by atoms with Gasteiger partial charge in [-0.1, -0.05) is 32.6 Å². The van der Waals surface area contributed by atoms with Crippen molar-refractivity contribution in [3.63, 3.8) is 0 Å². The molecule has 1 amide bonds. The number of aryl methyl sites for hydroxylation is 2. The van der Waals surface area contributed by atoms with E-state index < -0.39 is 5.54 Å². The first-order valence-electron chi connectivity index (χ1n) is 7.37. The summed E-state index contributed by atoms with van der Waals surface area (Å²) < 4.78 is 1.59. The van der Waals surface area contributed by atoms with E-state index in [0.717, 1.165) is 50.6 Å². The maximum atomic E-state index is 12.4. The molecule has 5 nitrogen and oxygen atoms in total. The summed E-state index contributed by atoms with van der Waals surface area (Å²) in [5.74, 6) is -0.192. The standard InChI is InChI=1S/C15H22N4O/c1-3-12-10-13(19(2)18-12)14(20)17-15(11-16)8-6-4-5-7-9-15/h10H,3-9H2,1-2H3,(H,17,20). The summed E-state index contributed by atoms with van der Waals surface area (Å²) in [5, 5.41) is 16.7. The van der Waals surface area contributed by atoms with Gasteiger partial charge in [-0.15, -0.1) is 0 Å². The zero-order chi connectivity index (χ0) is 14.6. The second-order valence-corrected chi connectivity index (χ2v) is 5.56. The summed E-state index contributed by atoms with van der Waals surface area (Å²) in [5.41, 5.74) is 0.717. The number of amides is 1. The fourth-order valence-corrected chi connectivity index (χ4v) is 2.79. The van der Waals surface area contributed by atoms with Gasteiger partial charge in [-0.05, 0) is 25.3 Å². The van der Waals surface area contributed by atoms with E-state index in [1.54, 1.807) is 17.8 Å². The van der Waals surface area contributed by atoms with Crippen molar-refractivity contribution in [2.45, 2.75) is 57.4 Å². The fourth-order valence-electron chi connectivity index (χ4n) is 2.79. The quantitative estimate of drug-likeness (QED) is 0.860. The average molecular weight is 274 g/mol. The zero-order valence-electron chi connectivity index (χ0n) is 12.3. The SMILES string of the molecule is CCc1cc(C(=O)NC2(C#N)CCCCCC2)n(C)n1. The van der Waals surface area contributed by atoms with Crippen LogP contribution in [0, 0.1) is 11.3 Å². The van der Waals surface area contributed by atoms with Crippen LogP contribution < -0.4 is 5.32 Å². The lowest BCUT2D eigenvalue weighted by atomic mass is 9.91. The van der Waals surface area contributed by atoms with Crippen molar-refractivity contribution in [2.75, 3.05) is 0 Å². The van der Waals surface area contributed by atoms with Crippen LogP contribution in [0.25, 0.3) is 0 Å². The van der Waals surface area contributed by atoms with Crippen molar-refractivity contribution < 1.29 is 4.79 Å². The number of carbonyl (C=O) groups is 1. The molecule has 0 bridgehead atoms. The van der Waals surface area contributed by atoms with Gasteiger partial charge >= 0.3 is 0 Å². The van der Waals surface area contributed by atoms with E-state index in [9.17, 15) is 10.1 Å². The average Bonchev–Trinajstić information content (AvgIpc) is 2.68. The highest BCUT2D eigenvalue weighted by Gasteiger charge is 2.33. The Balaban J connectivity index is 2.16. The monoisotopic (exact) mass is 274 g/mol. The minimum atomic E-state index is -0.704. The summed E-state index contributed by atoms with van der Waals surface area (Å²) in [6.07, 6.45) is 6.57. The van der Waals surface area contributed by atoms with Crippen molar-refractivity contribution in [1.82, 2.24) is 15.1 Å². The van der Waals surface area contributed by atoms with E-state index in [2.05, 4.69) is 16.5 Å². The Morgan fingerprint density at radius 1 is 1.45 bits per heavy atom. The topological polar surface area (TPSA) is 70.7 Å². The van der Waals surface area contributed by atoms with Crippen LogP contribution in [0.4, 0.5) is 0 Å². The molecule has 1 heterocycles. The molecule has 0 saturated heterocycles. The maximum Gasteiger partial charge on any atom is 0.270 e. The van der Waals surface area contributed by atoms with Crippen molar-refractivity contribution in [3.8, 4) is 6.07 Å². The molecular formula is C15H22N4O. The summed E-state index contributed by atoms with van der Waals surface area (Å²) in [6, 6.07) is 4.14. The molecule has 1 fully saturated rings. The third-order valence-electron chi connectivity index (χ3n) is 4.05. The highest BCUT2D eigenvalue weighted by molar-refractivity contribution is 5.93. The van der Waals surface area contributed by atoms with Crippen LogP contribution in [0.15, 0.2) is 6.07 Å². The molecule has 1 aliphatic carbocycles. The third kappa shape index (κ3) is 3.01. The summed E-state index contributed by atoms with van der Waals surface area (Å²) in [6.45, 7) is 2.01. The van der Waals surface area contributed by atoms with Gasteiger partial charge in [0.15, 0.2) is 0 Å². The molecule has 5 heteroatoms. The van der Waals surface area contributed by atoms with Crippen LogP contribution in [0.5, 0.6) is 0 Å². The molecule has 0 aromatic carbocycles.